The highest BCUT2D eigenvalue weighted by Crippen LogP contribution is 2.52. The third-order valence-corrected chi connectivity index (χ3v) is 11.3. The van der Waals surface area contributed by atoms with E-state index in [1.807, 2.05) is 12.1 Å². The second kappa shape index (κ2) is 12.9. The Morgan fingerprint density at radius 2 is 1.07 bits per heavy atom. The van der Waals surface area contributed by atoms with Crippen LogP contribution < -0.4 is 10.2 Å². The molecule has 1 heterocycles. The van der Waals surface area contributed by atoms with Crippen molar-refractivity contribution in [1.82, 2.24) is 0 Å². The number of rotatable bonds is 7. The van der Waals surface area contributed by atoms with Crippen molar-refractivity contribution in [2.24, 2.45) is 0 Å². The zero-order chi connectivity index (χ0) is 37.1. The zero-order valence-corrected chi connectivity index (χ0v) is 31.2. The van der Waals surface area contributed by atoms with Gasteiger partial charge in [0.1, 0.15) is 11.2 Å². The minimum Gasteiger partial charge on any atom is -0.455 e. The van der Waals surface area contributed by atoms with Crippen LogP contribution in [0.4, 0.5) is 28.4 Å². The lowest BCUT2D eigenvalue weighted by atomic mass is 9.82. The molecule has 0 saturated heterocycles. The molecule has 10 rings (SSSR count). The fraction of sp³-hybridized carbons (Fsp3) is 0.0769. The fourth-order valence-electron chi connectivity index (χ4n) is 8.47. The molecule has 8 aromatic carbocycles. The summed E-state index contributed by atoms with van der Waals surface area (Å²) in [7, 11) is 0. The molecule has 1 aliphatic carbocycles. The first kappa shape index (κ1) is 32.8. The quantitative estimate of drug-likeness (QED) is 0.179. The third-order valence-electron chi connectivity index (χ3n) is 11.3. The van der Waals surface area contributed by atoms with Crippen molar-refractivity contribution in [1.29, 1.82) is 0 Å². The van der Waals surface area contributed by atoms with E-state index in [1.165, 1.54) is 38.9 Å². The highest BCUT2D eigenvalue weighted by Gasteiger charge is 2.36. The number of hydrogen-bond donors (Lipinski definition) is 1. The standard InChI is InChI=1S/C52H40N2O/c1-34-20-25-38(26-21-34)54(39-27-22-36(23-28-39)42-16-11-17-46-45-15-8-10-19-50(45)55-51(42)46)40-29-31-44-43-30-24-37(32-47(43)52(2,3)48(44)33-40)53-49-18-9-7-14-41(49)35-12-5-4-6-13-35/h4-33,53H,1-3H3. The molecule has 0 spiro atoms. The van der Waals surface area contributed by atoms with Gasteiger partial charge < -0.3 is 14.6 Å². The first-order chi connectivity index (χ1) is 26.9. The summed E-state index contributed by atoms with van der Waals surface area (Å²) >= 11 is 0. The van der Waals surface area contributed by atoms with Gasteiger partial charge in [0.25, 0.3) is 0 Å². The van der Waals surface area contributed by atoms with Gasteiger partial charge in [-0.2, -0.15) is 0 Å². The van der Waals surface area contributed by atoms with E-state index in [4.69, 9.17) is 4.42 Å². The van der Waals surface area contributed by atoms with E-state index < -0.39 is 0 Å². The van der Waals surface area contributed by atoms with Crippen LogP contribution in [0, 0.1) is 6.92 Å². The minimum absolute atomic E-state index is 0.203. The van der Waals surface area contributed by atoms with E-state index in [-0.39, 0.29) is 5.41 Å². The minimum atomic E-state index is -0.203. The first-order valence-corrected chi connectivity index (χ1v) is 19.0. The molecule has 9 aromatic rings. The maximum Gasteiger partial charge on any atom is 0.143 e. The van der Waals surface area contributed by atoms with E-state index in [1.54, 1.807) is 0 Å². The van der Waals surface area contributed by atoms with E-state index >= 15 is 0 Å². The van der Waals surface area contributed by atoms with Crippen molar-refractivity contribution in [3.05, 3.63) is 199 Å². The largest absolute Gasteiger partial charge is 0.455 e. The van der Waals surface area contributed by atoms with Gasteiger partial charge in [-0.15, -0.1) is 0 Å². The van der Waals surface area contributed by atoms with E-state index in [2.05, 4.69) is 201 Å². The van der Waals surface area contributed by atoms with Crippen LogP contribution in [-0.2, 0) is 5.41 Å². The molecule has 0 aliphatic heterocycles. The smallest absolute Gasteiger partial charge is 0.143 e. The van der Waals surface area contributed by atoms with Crippen molar-refractivity contribution >= 4 is 50.4 Å². The average molecular weight is 709 g/mol. The highest BCUT2D eigenvalue weighted by atomic mass is 16.3. The van der Waals surface area contributed by atoms with Crippen LogP contribution in [0.3, 0.4) is 0 Å². The Labute approximate surface area is 322 Å². The van der Waals surface area contributed by atoms with Crippen LogP contribution in [0.1, 0.15) is 30.5 Å². The van der Waals surface area contributed by atoms with Gasteiger partial charge in [-0.25, -0.2) is 0 Å². The fourth-order valence-corrected chi connectivity index (χ4v) is 8.47. The predicted octanol–water partition coefficient (Wildman–Crippen LogP) is 14.7. The summed E-state index contributed by atoms with van der Waals surface area (Å²) in [5.74, 6) is 0. The molecule has 0 unspecified atom stereocenters. The second-order valence-corrected chi connectivity index (χ2v) is 15.2. The molecule has 1 N–H and O–H groups in total. The van der Waals surface area contributed by atoms with Gasteiger partial charge in [-0.3, -0.25) is 0 Å². The van der Waals surface area contributed by atoms with Gasteiger partial charge in [-0.1, -0.05) is 141 Å². The predicted molar refractivity (Wildman–Crippen MR) is 231 cm³/mol. The van der Waals surface area contributed by atoms with Crippen molar-refractivity contribution in [2.45, 2.75) is 26.2 Å². The molecular weight excluding hydrogens is 669 g/mol. The second-order valence-electron chi connectivity index (χ2n) is 15.2. The number of hydrogen-bond acceptors (Lipinski definition) is 3. The Bertz CT molecular complexity index is 2870. The number of nitrogens with one attached hydrogen (secondary N) is 1. The molecule has 0 fully saturated rings. The highest BCUT2D eigenvalue weighted by molar-refractivity contribution is 6.09. The van der Waals surface area contributed by atoms with Crippen LogP contribution in [-0.4, -0.2) is 0 Å². The van der Waals surface area contributed by atoms with Crippen LogP contribution in [0.5, 0.6) is 0 Å². The van der Waals surface area contributed by atoms with Crippen LogP contribution in [0.15, 0.2) is 186 Å². The molecule has 55 heavy (non-hydrogen) atoms. The Hall–Kier alpha value is -6.84. The normalized spacial score (nSPS) is 12.8. The van der Waals surface area contributed by atoms with Gasteiger partial charge >= 0.3 is 0 Å². The lowest BCUT2D eigenvalue weighted by Gasteiger charge is -2.28. The summed E-state index contributed by atoms with van der Waals surface area (Å²) in [6.07, 6.45) is 0. The first-order valence-electron chi connectivity index (χ1n) is 19.0. The van der Waals surface area contributed by atoms with Gasteiger partial charge in [0, 0.05) is 55.8 Å². The average Bonchev–Trinajstić information content (AvgIpc) is 3.71. The van der Waals surface area contributed by atoms with Crippen molar-refractivity contribution in [3.8, 4) is 33.4 Å². The molecule has 1 aromatic heterocycles. The monoisotopic (exact) mass is 708 g/mol. The maximum absolute atomic E-state index is 6.40. The Morgan fingerprint density at radius 3 is 1.87 bits per heavy atom. The maximum atomic E-state index is 6.40. The molecular formula is C52H40N2O. The van der Waals surface area contributed by atoms with Gasteiger partial charge in [0.2, 0.25) is 0 Å². The number of furan rings is 1. The third kappa shape index (κ3) is 5.59. The summed E-state index contributed by atoms with van der Waals surface area (Å²) < 4.78 is 6.40. The lowest BCUT2D eigenvalue weighted by molar-refractivity contribution is 0.660. The number of benzene rings is 8. The molecule has 3 nitrogen and oxygen atoms in total. The number of nitrogens with zero attached hydrogens (tertiary/aromatic N) is 1. The molecule has 0 amide bonds. The van der Waals surface area contributed by atoms with Crippen molar-refractivity contribution in [3.63, 3.8) is 0 Å². The van der Waals surface area contributed by atoms with Crippen molar-refractivity contribution < 1.29 is 4.42 Å². The van der Waals surface area contributed by atoms with Gasteiger partial charge in [0.05, 0.1) is 0 Å². The molecule has 3 heteroatoms. The van der Waals surface area contributed by atoms with Crippen LogP contribution in [0.2, 0.25) is 0 Å². The number of anilines is 5. The van der Waals surface area contributed by atoms with Gasteiger partial charge in [0.15, 0.2) is 0 Å². The topological polar surface area (TPSA) is 28.4 Å². The molecule has 0 bridgehead atoms. The number of fused-ring (bicyclic) bond motifs is 6. The Kier molecular flexibility index (Phi) is 7.71. The lowest BCUT2D eigenvalue weighted by Crippen LogP contribution is -2.16. The molecule has 1 aliphatic rings. The molecule has 0 saturated carbocycles. The number of aryl methyl sites for hydroxylation is 1. The zero-order valence-electron chi connectivity index (χ0n) is 31.2. The van der Waals surface area contributed by atoms with E-state index in [0.717, 1.165) is 61.5 Å². The van der Waals surface area contributed by atoms with E-state index in [9.17, 15) is 0 Å². The van der Waals surface area contributed by atoms with Gasteiger partial charge in [-0.05, 0) is 101 Å². The number of para-hydroxylation sites is 3. The van der Waals surface area contributed by atoms with E-state index in [0.29, 0.717) is 0 Å². The molecule has 0 atom stereocenters. The van der Waals surface area contributed by atoms with Crippen molar-refractivity contribution in [2.75, 3.05) is 10.2 Å². The Morgan fingerprint density at radius 1 is 0.473 bits per heavy atom. The summed E-state index contributed by atoms with van der Waals surface area (Å²) in [4.78, 5) is 2.37. The summed E-state index contributed by atoms with van der Waals surface area (Å²) in [6, 6.07) is 65.4. The van der Waals surface area contributed by atoms with Crippen LogP contribution >= 0.6 is 0 Å². The summed E-state index contributed by atoms with van der Waals surface area (Å²) in [5.41, 5.74) is 18.2. The summed E-state index contributed by atoms with van der Waals surface area (Å²) in [6.45, 7) is 6.85. The summed E-state index contributed by atoms with van der Waals surface area (Å²) in [5, 5.41) is 6.04. The van der Waals surface area contributed by atoms with Crippen LogP contribution in [0.25, 0.3) is 55.3 Å². The Balaban J connectivity index is 1.01. The SMILES string of the molecule is Cc1ccc(N(c2ccc(-c3cccc4c3oc3ccccc34)cc2)c2ccc3c(c2)C(C)(C)c2cc(Nc4ccccc4-c4ccccc4)ccc2-3)cc1. The molecule has 0 radical (unpaired) electrons. The molecule has 264 valence electrons.